The van der Waals surface area contributed by atoms with E-state index in [0.29, 0.717) is 80.4 Å². The van der Waals surface area contributed by atoms with E-state index in [-0.39, 0.29) is 116 Å². The van der Waals surface area contributed by atoms with Gasteiger partial charge in [0.15, 0.2) is 0 Å². The summed E-state index contributed by atoms with van der Waals surface area (Å²) in [5.41, 5.74) is 3.80. The molecule has 5 aliphatic rings. The number of nitrogens with zero attached hydrogens (tertiary/aromatic N) is 4. The highest BCUT2D eigenvalue weighted by Crippen LogP contribution is 2.43. The van der Waals surface area contributed by atoms with Gasteiger partial charge in [0.05, 0.1) is 36.9 Å². The van der Waals surface area contributed by atoms with Crippen molar-refractivity contribution in [2.45, 2.75) is 95.2 Å². The molecule has 23 heteroatoms. The van der Waals surface area contributed by atoms with Crippen LogP contribution in [0, 0.1) is 17.6 Å². The predicted octanol–water partition coefficient (Wildman–Crippen LogP) is 7.24. The topological polar surface area (TPSA) is 206 Å². The van der Waals surface area contributed by atoms with Crippen LogP contribution in [0.4, 0.5) is 31.5 Å². The average molecular weight is 1250 g/mol. The van der Waals surface area contributed by atoms with E-state index in [4.69, 9.17) is 9.47 Å². The Morgan fingerprint density at radius 2 is 1.49 bits per heavy atom. The molecule has 5 aromatic rings. The highest BCUT2D eigenvalue weighted by molar-refractivity contribution is 6.08. The number of hydrogen-bond acceptors (Lipinski definition) is 12. The van der Waals surface area contributed by atoms with Crippen LogP contribution < -0.4 is 36.8 Å². The van der Waals surface area contributed by atoms with Crippen molar-refractivity contribution in [1.82, 2.24) is 30.7 Å². The minimum absolute atomic E-state index is 0. The zero-order chi connectivity index (χ0) is 58.5. The highest BCUT2D eigenvalue weighted by Gasteiger charge is 2.48. The number of anilines is 4. The lowest BCUT2D eigenvalue weighted by Gasteiger charge is -2.43. The SMILES string of the molecule is CNC(C)C(=O)NC(C(=O)N1Cc2ccccc2[C@H]1C(=O)Nc1cc(C(=O)Nc2ccc(NC(=O)C3(C)CN(C(=O)CN4C[C@@H](C)NC[C@@H]4CN4CCOC[C@H]4C)c4cc(Cc5ccc(F)cc5)ccc43)cc2)ccc1F)C1CCOCC1.Cl.Cl.Cl. The Kier molecular flexibility index (Phi) is 22.9. The first-order valence-corrected chi connectivity index (χ1v) is 28.7. The normalized spacial score (nSPS) is 21.9. The van der Waals surface area contributed by atoms with Crippen LogP contribution in [-0.4, -0.2) is 153 Å². The monoisotopic (exact) mass is 1240 g/mol. The molecule has 3 saturated heterocycles. The van der Waals surface area contributed by atoms with Gasteiger partial charge in [-0.15, -0.1) is 37.2 Å². The summed E-state index contributed by atoms with van der Waals surface area (Å²) in [4.78, 5) is 93.3. The Balaban J connectivity index is 0.00000353. The lowest BCUT2D eigenvalue weighted by Crippen LogP contribution is -2.62. The smallest absolute Gasteiger partial charge is 0.255 e. The van der Waals surface area contributed by atoms with Crippen molar-refractivity contribution >= 4 is 95.4 Å². The standard InChI is InChI=1S/C63H74F2N10O8.3ClH/c1-38-32-73(49(31-67-38)34-72-24-27-83-36-39(72)2)35-55(76)75-37-63(4,51-20-12-42(29-54(51)75)28-41-10-14-46(64)15-11-41)62(81)69-48-18-16-47(17-19-48)68-59(78)44-13-21-52(65)53(30-44)70-60(79)57-50-9-7-6-8-45(50)33-74(57)61(80)56(43-22-25-82-26-23-43)71-58(77)40(3)66-5;;;/h6-21,29-30,38-40,43,49,56-57,66-67H,22-28,31-37H2,1-5H3,(H,68,78)(H,69,81)(H,70,79)(H,71,77);3*1H/t38-,39-,40?,49-,56?,57+,63?;;;/m1.../s1. The first-order valence-electron chi connectivity index (χ1n) is 28.7. The second kappa shape index (κ2) is 29.4. The molecule has 6 N–H and O–H groups in total. The summed E-state index contributed by atoms with van der Waals surface area (Å²) in [6, 6.07) is 27.2. The fourth-order valence-electron chi connectivity index (χ4n) is 12.1. The minimum Gasteiger partial charge on any atom is -0.381 e. The fourth-order valence-corrected chi connectivity index (χ4v) is 12.1. The minimum atomic E-state index is -1.18. The fraction of sp³-hybridized carbons (Fsp3) is 0.429. The number of fused-ring (bicyclic) bond motifs is 2. The van der Waals surface area contributed by atoms with Crippen molar-refractivity contribution in [3.8, 4) is 0 Å². The van der Waals surface area contributed by atoms with Gasteiger partial charge >= 0.3 is 0 Å². The second-order valence-electron chi connectivity index (χ2n) is 23.0. The molecular weight excluding hydrogens is 1170 g/mol. The van der Waals surface area contributed by atoms with Gasteiger partial charge in [-0.05, 0) is 148 Å². The summed E-state index contributed by atoms with van der Waals surface area (Å²) >= 11 is 0. The number of piperazine rings is 1. The molecule has 0 bridgehead atoms. The number of rotatable bonds is 17. The summed E-state index contributed by atoms with van der Waals surface area (Å²) < 4.78 is 40.8. The van der Waals surface area contributed by atoms with Gasteiger partial charge in [0.2, 0.25) is 23.6 Å². The lowest BCUT2D eigenvalue weighted by atomic mass is 9.83. The van der Waals surface area contributed by atoms with Crippen molar-refractivity contribution in [2.75, 3.05) is 93.6 Å². The van der Waals surface area contributed by atoms with E-state index in [9.17, 15) is 33.2 Å². The third kappa shape index (κ3) is 15.0. The third-order valence-corrected chi connectivity index (χ3v) is 17.1. The van der Waals surface area contributed by atoms with Gasteiger partial charge < -0.3 is 51.2 Å². The molecule has 3 fully saturated rings. The van der Waals surface area contributed by atoms with Gasteiger partial charge in [0.1, 0.15) is 23.7 Å². The summed E-state index contributed by atoms with van der Waals surface area (Å²) in [5, 5.41) is 18.0. The first-order chi connectivity index (χ1) is 40.0. The van der Waals surface area contributed by atoms with Gasteiger partial charge in [0, 0.05) is 93.2 Å². The van der Waals surface area contributed by atoms with Crippen molar-refractivity contribution in [2.24, 2.45) is 5.92 Å². The van der Waals surface area contributed by atoms with Crippen LogP contribution in [-0.2, 0) is 51.8 Å². The van der Waals surface area contributed by atoms with Gasteiger partial charge in [-0.3, -0.25) is 38.6 Å². The van der Waals surface area contributed by atoms with Crippen LogP contribution >= 0.6 is 37.2 Å². The van der Waals surface area contributed by atoms with E-state index in [1.54, 1.807) is 73.5 Å². The van der Waals surface area contributed by atoms with Crippen LogP contribution in [0.3, 0.4) is 0 Å². The first kappa shape index (κ1) is 66.9. The second-order valence-corrected chi connectivity index (χ2v) is 23.0. The third-order valence-electron chi connectivity index (χ3n) is 17.1. The summed E-state index contributed by atoms with van der Waals surface area (Å²) in [5.74, 6) is -3.97. The lowest BCUT2D eigenvalue weighted by molar-refractivity contribution is -0.144. The van der Waals surface area contributed by atoms with Gasteiger partial charge in [-0.1, -0.05) is 48.5 Å². The maximum absolute atomic E-state index is 15.7. The molecule has 0 aliphatic carbocycles. The molecule has 6 amide bonds. The molecule has 0 radical (unpaired) electrons. The molecule has 462 valence electrons. The molecule has 5 heterocycles. The van der Waals surface area contributed by atoms with Gasteiger partial charge in [-0.25, -0.2) is 8.78 Å². The molecule has 0 spiro atoms. The van der Waals surface area contributed by atoms with E-state index in [0.717, 1.165) is 42.4 Å². The Labute approximate surface area is 519 Å². The van der Waals surface area contributed by atoms with Gasteiger partial charge in [0.25, 0.3) is 11.8 Å². The van der Waals surface area contributed by atoms with E-state index < -0.39 is 47.1 Å². The van der Waals surface area contributed by atoms with Crippen LogP contribution in [0.25, 0.3) is 0 Å². The Hall–Kier alpha value is -6.59. The van der Waals surface area contributed by atoms with Crippen LogP contribution in [0.2, 0.25) is 0 Å². The van der Waals surface area contributed by atoms with E-state index in [2.05, 4.69) is 55.5 Å². The molecule has 0 saturated carbocycles. The predicted molar refractivity (Wildman–Crippen MR) is 334 cm³/mol. The number of carbonyl (C=O) groups excluding carboxylic acids is 6. The van der Waals surface area contributed by atoms with Crippen LogP contribution in [0.1, 0.15) is 84.8 Å². The highest BCUT2D eigenvalue weighted by atomic mass is 35.5. The molecule has 86 heavy (non-hydrogen) atoms. The number of carbonyl (C=O) groups is 6. The Morgan fingerprint density at radius 1 is 0.791 bits per heavy atom. The number of halogens is 5. The number of amides is 6. The molecule has 5 aromatic carbocycles. The van der Waals surface area contributed by atoms with Crippen molar-refractivity contribution in [3.63, 3.8) is 0 Å². The zero-order valence-corrected chi connectivity index (χ0v) is 51.3. The maximum atomic E-state index is 15.7. The summed E-state index contributed by atoms with van der Waals surface area (Å²) in [6.07, 6.45) is 1.55. The Morgan fingerprint density at radius 3 is 2.20 bits per heavy atom. The molecule has 3 unspecified atom stereocenters. The summed E-state index contributed by atoms with van der Waals surface area (Å²) in [7, 11) is 1.65. The molecule has 10 rings (SSSR count). The Bertz CT molecular complexity index is 3240. The molecule has 18 nitrogen and oxygen atoms in total. The number of benzene rings is 5. The number of nitrogens with one attached hydrogen (secondary N) is 6. The van der Waals surface area contributed by atoms with E-state index >= 15 is 4.39 Å². The van der Waals surface area contributed by atoms with Gasteiger partial charge in [-0.2, -0.15) is 0 Å². The largest absolute Gasteiger partial charge is 0.381 e. The molecular formula is C63H77Cl3F2N10O8. The molecule has 5 aliphatic heterocycles. The van der Waals surface area contributed by atoms with E-state index in [1.807, 2.05) is 31.2 Å². The van der Waals surface area contributed by atoms with Crippen molar-refractivity contribution in [3.05, 3.63) is 154 Å². The molecule has 7 atom stereocenters. The number of ether oxygens (including phenoxy) is 2. The average Bonchev–Trinajstić information content (AvgIpc) is 1.74. The summed E-state index contributed by atoms with van der Waals surface area (Å²) in [6.45, 7) is 13.3. The quantitative estimate of drug-likeness (QED) is 0.0545. The van der Waals surface area contributed by atoms with E-state index in [1.165, 1.54) is 29.2 Å². The number of hydrogen-bond donors (Lipinski definition) is 6. The number of likely N-dealkylation sites (N-methyl/N-ethyl adjacent to an activating group) is 1. The molecule has 0 aromatic heterocycles. The van der Waals surface area contributed by atoms with Crippen molar-refractivity contribution in [1.29, 1.82) is 0 Å². The zero-order valence-electron chi connectivity index (χ0n) is 48.9. The number of morpholine rings is 1. The van der Waals surface area contributed by atoms with Crippen LogP contribution in [0.15, 0.2) is 109 Å². The maximum Gasteiger partial charge on any atom is 0.255 e. The van der Waals surface area contributed by atoms with Crippen molar-refractivity contribution < 1.29 is 47.0 Å². The van der Waals surface area contributed by atoms with Crippen LogP contribution in [0.5, 0.6) is 0 Å².